The Balaban J connectivity index is 1.90. The third kappa shape index (κ3) is 6.15. The Kier molecular flexibility index (Phi) is 5.64. The van der Waals surface area contributed by atoms with Gasteiger partial charge in [0.15, 0.2) is 0 Å². The molecule has 3 nitrogen and oxygen atoms in total. The number of hydrogen-bond donors (Lipinski definition) is 0. The van der Waals surface area contributed by atoms with Gasteiger partial charge in [-0.05, 0) is 0 Å². The topological polar surface area (TPSA) is 31.0 Å². The van der Waals surface area contributed by atoms with Gasteiger partial charge in [-0.25, -0.2) is 0 Å². The van der Waals surface area contributed by atoms with E-state index in [0.717, 1.165) is 32.8 Å². The fourth-order valence-corrected chi connectivity index (χ4v) is 4.44. The van der Waals surface area contributed by atoms with Crippen LogP contribution in [0.15, 0.2) is 0 Å². The van der Waals surface area contributed by atoms with Crippen molar-refractivity contribution >= 4 is 0 Å². The summed E-state index contributed by atoms with van der Waals surface area (Å²) in [5.41, 5.74) is 0. The van der Waals surface area contributed by atoms with Crippen molar-refractivity contribution in [1.29, 1.82) is 0 Å². The molecule has 0 aliphatic carbocycles. The molecule has 1 aliphatic rings. The standard InChI is InChI=1S/C6H11O2.C2H5O.2CH3.Ti/c1-2-3-7-4-6-5-8-6;1-2-3;;;/h6H,1-5H2;2H2,1H3;2*1H3;/q;-1;;;+1. The molecule has 0 bridgehead atoms. The first kappa shape index (κ1) is 12.7. The van der Waals surface area contributed by atoms with Gasteiger partial charge in [0, 0.05) is 0 Å². The van der Waals surface area contributed by atoms with Gasteiger partial charge in [0.05, 0.1) is 0 Å². The van der Waals surface area contributed by atoms with Crippen molar-refractivity contribution in [2.75, 3.05) is 26.4 Å². The van der Waals surface area contributed by atoms with E-state index >= 15 is 0 Å². The maximum atomic E-state index is 5.78. The Hall–Kier alpha value is 0.594. The summed E-state index contributed by atoms with van der Waals surface area (Å²) < 4.78 is 17.5. The van der Waals surface area contributed by atoms with Crippen LogP contribution in [0.2, 0.25) is 15.2 Å². The Labute approximate surface area is 90.9 Å². The molecule has 0 radical (unpaired) electrons. The van der Waals surface area contributed by atoms with E-state index < -0.39 is 17.0 Å². The zero-order chi connectivity index (χ0) is 10.4. The molecule has 1 aliphatic heterocycles. The molecule has 0 spiro atoms. The van der Waals surface area contributed by atoms with Gasteiger partial charge in [-0.3, -0.25) is 0 Å². The van der Waals surface area contributed by atoms with Crippen LogP contribution in [0.5, 0.6) is 0 Å². The second kappa shape index (κ2) is 6.24. The summed E-state index contributed by atoms with van der Waals surface area (Å²) in [5, 5.41) is 4.63. The van der Waals surface area contributed by atoms with Gasteiger partial charge in [0.25, 0.3) is 0 Å². The van der Waals surface area contributed by atoms with Crippen LogP contribution in [0.25, 0.3) is 0 Å². The first-order chi connectivity index (χ1) is 6.64. The number of epoxide rings is 1. The van der Waals surface area contributed by atoms with E-state index in [9.17, 15) is 0 Å². The van der Waals surface area contributed by atoms with Crippen LogP contribution in [0.4, 0.5) is 0 Å². The molecule has 1 fully saturated rings. The van der Waals surface area contributed by atoms with Crippen molar-refractivity contribution in [3.63, 3.8) is 0 Å². The summed E-state index contributed by atoms with van der Waals surface area (Å²) in [4.78, 5) is 0. The van der Waals surface area contributed by atoms with E-state index in [-0.39, 0.29) is 0 Å². The Morgan fingerprint density at radius 2 is 2.14 bits per heavy atom. The zero-order valence-corrected chi connectivity index (χ0v) is 11.1. The van der Waals surface area contributed by atoms with Gasteiger partial charge in [-0.1, -0.05) is 0 Å². The summed E-state index contributed by atoms with van der Waals surface area (Å²) in [6.07, 6.45) is 1.54. The number of ether oxygens (including phenoxy) is 2. The van der Waals surface area contributed by atoms with Crippen LogP contribution in [-0.4, -0.2) is 32.5 Å². The molecule has 0 amide bonds. The molecule has 0 aromatic heterocycles. The molecule has 0 saturated carbocycles. The molecule has 1 heterocycles. The first-order valence-electron chi connectivity index (χ1n) is 5.47. The predicted octanol–water partition coefficient (Wildman–Crippen LogP) is 2.41. The summed E-state index contributed by atoms with van der Waals surface area (Å²) in [5.74, 6) is 0. The van der Waals surface area contributed by atoms with Gasteiger partial charge in [0.1, 0.15) is 0 Å². The van der Waals surface area contributed by atoms with Gasteiger partial charge in [-0.15, -0.1) is 0 Å². The Morgan fingerprint density at radius 3 is 2.71 bits per heavy atom. The molecule has 1 atom stereocenters. The molecule has 84 valence electrons. The molecule has 0 aromatic rings. The summed E-state index contributed by atoms with van der Waals surface area (Å²) in [7, 11) is 0. The average Bonchev–Trinajstić information content (AvgIpc) is 2.87. The van der Waals surface area contributed by atoms with Crippen molar-refractivity contribution in [2.24, 2.45) is 0 Å². The van der Waals surface area contributed by atoms with Gasteiger partial charge >= 0.3 is 90.8 Å². The first-order valence-corrected chi connectivity index (χ1v) is 10.3. The van der Waals surface area contributed by atoms with Crippen molar-refractivity contribution in [3.8, 4) is 0 Å². The van der Waals surface area contributed by atoms with Crippen molar-refractivity contribution in [2.45, 2.75) is 34.6 Å². The van der Waals surface area contributed by atoms with Crippen LogP contribution in [0, 0.1) is 0 Å². The van der Waals surface area contributed by atoms with E-state index in [1.54, 1.807) is 0 Å². The van der Waals surface area contributed by atoms with E-state index in [4.69, 9.17) is 12.8 Å². The molecular formula is C10H22O3Ti. The Morgan fingerprint density at radius 1 is 1.43 bits per heavy atom. The molecular weight excluding hydrogens is 216 g/mol. The zero-order valence-electron chi connectivity index (χ0n) is 9.54. The quantitative estimate of drug-likeness (QED) is 0.369. The monoisotopic (exact) mass is 238 g/mol. The normalized spacial score (nSPS) is 21.2. The van der Waals surface area contributed by atoms with Crippen LogP contribution in [0.3, 0.4) is 0 Å². The molecule has 1 rings (SSSR count). The second-order valence-corrected chi connectivity index (χ2v) is 11.1. The SMILES string of the molecule is CC[O][Ti]([CH3])([CH3])[CH2]CCOCC1CO1. The van der Waals surface area contributed by atoms with Crippen LogP contribution in [-0.2, 0) is 29.8 Å². The van der Waals surface area contributed by atoms with Crippen molar-refractivity contribution < 1.29 is 29.8 Å². The third-order valence-electron chi connectivity index (χ3n) is 2.31. The van der Waals surface area contributed by atoms with Gasteiger partial charge in [0.2, 0.25) is 0 Å². The molecule has 14 heavy (non-hydrogen) atoms. The predicted molar refractivity (Wildman–Crippen MR) is 53.3 cm³/mol. The van der Waals surface area contributed by atoms with E-state index in [2.05, 4.69) is 17.4 Å². The number of hydrogen-bond acceptors (Lipinski definition) is 3. The molecule has 1 saturated heterocycles. The second-order valence-electron chi connectivity index (χ2n) is 4.33. The van der Waals surface area contributed by atoms with Crippen molar-refractivity contribution in [1.82, 2.24) is 0 Å². The molecule has 1 unspecified atom stereocenters. The van der Waals surface area contributed by atoms with Crippen LogP contribution >= 0.6 is 0 Å². The Bertz CT molecular complexity index is 157. The van der Waals surface area contributed by atoms with Crippen LogP contribution in [0.1, 0.15) is 13.3 Å². The minimum atomic E-state index is -1.86. The maximum absolute atomic E-state index is 5.78. The van der Waals surface area contributed by atoms with Crippen LogP contribution < -0.4 is 0 Å². The molecule has 4 heteroatoms. The summed E-state index contributed by atoms with van der Waals surface area (Å²) in [6.45, 7) is 5.48. The van der Waals surface area contributed by atoms with E-state index in [1.165, 1.54) is 4.73 Å². The average molecular weight is 238 g/mol. The number of rotatable bonds is 8. The minimum absolute atomic E-state index is 0.399. The van der Waals surface area contributed by atoms with Gasteiger partial charge < -0.3 is 0 Å². The third-order valence-corrected chi connectivity index (χ3v) is 6.41. The fourth-order valence-electron chi connectivity index (χ4n) is 1.44. The molecule has 0 N–H and O–H groups in total. The summed E-state index contributed by atoms with van der Waals surface area (Å²) in [6, 6.07) is 0. The summed E-state index contributed by atoms with van der Waals surface area (Å²) >= 11 is -1.86. The molecule has 0 aromatic carbocycles. The van der Waals surface area contributed by atoms with Crippen molar-refractivity contribution in [3.05, 3.63) is 0 Å². The fraction of sp³-hybridized carbons (Fsp3) is 1.00. The van der Waals surface area contributed by atoms with E-state index in [1.807, 2.05) is 0 Å². The van der Waals surface area contributed by atoms with E-state index in [0.29, 0.717) is 6.10 Å². The van der Waals surface area contributed by atoms with Gasteiger partial charge in [-0.2, -0.15) is 0 Å².